The highest BCUT2D eigenvalue weighted by Crippen LogP contribution is 2.41. The first-order valence-corrected chi connectivity index (χ1v) is 19.2. The summed E-state index contributed by atoms with van der Waals surface area (Å²) in [5.74, 6) is -1.65. The number of amides is 4. The molecule has 1 spiro atoms. The second-order valence-corrected chi connectivity index (χ2v) is 16.3. The fraction of sp³-hybridized carbons (Fsp3) is 0.700. The van der Waals surface area contributed by atoms with Gasteiger partial charge in [0.25, 0.3) is 5.91 Å². The summed E-state index contributed by atoms with van der Waals surface area (Å²) in [6.45, 7) is 16.0. The Morgan fingerprint density at radius 1 is 1.04 bits per heavy atom. The quantitative estimate of drug-likeness (QED) is 0.231. The third kappa shape index (κ3) is 9.52. The van der Waals surface area contributed by atoms with Crippen molar-refractivity contribution in [1.82, 2.24) is 20.9 Å². The second-order valence-electron chi connectivity index (χ2n) is 16.3. The van der Waals surface area contributed by atoms with Crippen LogP contribution in [0.25, 0.3) is 0 Å². The molecule has 1 aromatic rings. The van der Waals surface area contributed by atoms with E-state index in [0.717, 1.165) is 41.7 Å². The molecule has 0 bridgehead atoms. The van der Waals surface area contributed by atoms with Crippen molar-refractivity contribution in [3.8, 4) is 5.75 Å². The number of hydrogen-bond acceptors (Lipinski definition) is 8. The number of likely N-dealkylation sites (tertiary alicyclic amines) is 1. The number of benzene rings is 1. The van der Waals surface area contributed by atoms with Gasteiger partial charge in [0, 0.05) is 31.4 Å². The number of nitrogens with one attached hydrogen (secondary N) is 3. The third-order valence-electron chi connectivity index (χ3n) is 10.8. The third-order valence-corrected chi connectivity index (χ3v) is 10.8. The Morgan fingerprint density at radius 3 is 2.27 bits per heavy atom. The van der Waals surface area contributed by atoms with E-state index in [9.17, 15) is 24.0 Å². The second kappa shape index (κ2) is 17.2. The van der Waals surface area contributed by atoms with Crippen LogP contribution in [0.5, 0.6) is 5.75 Å². The normalized spacial score (nSPS) is 22.2. The number of hydrogen-bond donors (Lipinski definition) is 3. The van der Waals surface area contributed by atoms with E-state index < -0.39 is 52.6 Å². The number of carbonyl (C=O) groups is 5. The van der Waals surface area contributed by atoms with Gasteiger partial charge < -0.3 is 30.4 Å². The smallest absolute Gasteiger partial charge is 0.289 e. The average molecular weight is 724 g/mol. The number of ketones is 1. The predicted molar refractivity (Wildman–Crippen MR) is 200 cm³/mol. The maximum absolute atomic E-state index is 14.7. The fourth-order valence-electron chi connectivity index (χ4n) is 8.01. The van der Waals surface area contributed by atoms with Crippen LogP contribution >= 0.6 is 0 Å². The molecule has 1 aliphatic carbocycles. The first-order chi connectivity index (χ1) is 24.5. The largest absolute Gasteiger partial charge is 0.493 e. The SMILES string of the molecule is CCC[C@H](NC(=O)[C@@H]1C[C@]2(CC(c3cc(C)c(OCC)c(C)c3)=NO2)CN1C(=O)[C@@H](NC(=O)[C@H](C)CC1CCCCC1)C(C)(C)C)C(=O)C(=O)NC. The summed E-state index contributed by atoms with van der Waals surface area (Å²) in [4.78, 5) is 75.5. The van der Waals surface area contributed by atoms with Crippen LogP contribution in [-0.2, 0) is 28.8 Å². The van der Waals surface area contributed by atoms with Crippen LogP contribution in [0.15, 0.2) is 17.3 Å². The van der Waals surface area contributed by atoms with Gasteiger partial charge >= 0.3 is 0 Å². The number of ether oxygens (including phenoxy) is 1. The summed E-state index contributed by atoms with van der Waals surface area (Å²) in [5, 5.41) is 12.7. The van der Waals surface area contributed by atoms with Crippen LogP contribution in [0.2, 0.25) is 0 Å². The Balaban J connectivity index is 1.63. The highest BCUT2D eigenvalue weighted by molar-refractivity contribution is 6.38. The molecular weight excluding hydrogens is 662 g/mol. The summed E-state index contributed by atoms with van der Waals surface area (Å²) in [6.07, 6.45) is 7.86. The van der Waals surface area contributed by atoms with E-state index in [4.69, 9.17) is 9.57 Å². The molecule has 2 fully saturated rings. The van der Waals surface area contributed by atoms with E-state index in [1.807, 2.05) is 67.5 Å². The van der Waals surface area contributed by atoms with E-state index in [0.29, 0.717) is 31.1 Å². The molecule has 4 amide bonds. The van der Waals surface area contributed by atoms with Crippen LogP contribution in [0, 0.1) is 31.1 Å². The lowest BCUT2D eigenvalue weighted by Crippen LogP contribution is -2.59. The molecule has 1 saturated heterocycles. The Kier molecular flexibility index (Phi) is 13.5. The standard InChI is InChI=1S/C40H61N5O7/c1-10-15-29(32(46)37(49)41-9)42-36(48)31-22-40(21-30(44-52-40)28-19-24(3)33(51-11-2)25(4)20-28)23-45(31)38(50)34(39(6,7)8)43-35(47)26(5)18-27-16-13-12-14-17-27/h19-20,26-27,29,31,34H,10-18,21-23H2,1-9H3,(H,41,49)(H,42,48)(H,43,47)/t26-,29+,31+,34-,40-/m1/s1. The van der Waals surface area contributed by atoms with Gasteiger partial charge in [-0.3, -0.25) is 24.0 Å². The summed E-state index contributed by atoms with van der Waals surface area (Å²) < 4.78 is 5.84. The van der Waals surface area contributed by atoms with Gasteiger partial charge in [-0.25, -0.2) is 0 Å². The molecule has 2 heterocycles. The number of aryl methyl sites for hydroxylation is 2. The van der Waals surface area contributed by atoms with E-state index in [-0.39, 0.29) is 31.2 Å². The van der Waals surface area contributed by atoms with Crippen molar-refractivity contribution >= 4 is 35.1 Å². The number of nitrogens with zero attached hydrogens (tertiary/aromatic N) is 2. The van der Waals surface area contributed by atoms with Gasteiger partial charge in [0.2, 0.25) is 23.5 Å². The van der Waals surface area contributed by atoms with Crippen molar-refractivity contribution in [2.75, 3.05) is 20.2 Å². The Hall–Kier alpha value is -3.96. The topological polar surface area (TPSA) is 156 Å². The van der Waals surface area contributed by atoms with E-state index in [1.165, 1.54) is 31.2 Å². The van der Waals surface area contributed by atoms with Gasteiger partial charge in [0.05, 0.1) is 24.9 Å². The van der Waals surface area contributed by atoms with Crippen molar-refractivity contribution in [1.29, 1.82) is 0 Å². The monoisotopic (exact) mass is 723 g/mol. The van der Waals surface area contributed by atoms with Crippen molar-refractivity contribution in [3.63, 3.8) is 0 Å². The Labute approximate surface area is 309 Å². The van der Waals surface area contributed by atoms with Gasteiger partial charge in [-0.15, -0.1) is 0 Å². The zero-order valence-corrected chi connectivity index (χ0v) is 32.8. The highest BCUT2D eigenvalue weighted by atomic mass is 16.7. The molecule has 0 aromatic heterocycles. The maximum Gasteiger partial charge on any atom is 0.289 e. The fourth-order valence-corrected chi connectivity index (χ4v) is 8.01. The Morgan fingerprint density at radius 2 is 1.69 bits per heavy atom. The maximum atomic E-state index is 14.7. The molecule has 288 valence electrons. The van der Waals surface area contributed by atoms with Crippen molar-refractivity contribution in [2.45, 2.75) is 143 Å². The minimum atomic E-state index is -1.06. The molecule has 4 rings (SSSR count). The van der Waals surface area contributed by atoms with Crippen LogP contribution < -0.4 is 20.7 Å². The summed E-state index contributed by atoms with van der Waals surface area (Å²) in [6, 6.07) is 0.970. The van der Waals surface area contributed by atoms with Crippen molar-refractivity contribution in [3.05, 3.63) is 28.8 Å². The number of oxime groups is 1. The van der Waals surface area contributed by atoms with Gasteiger partial charge in [-0.1, -0.05) is 78.3 Å². The summed E-state index contributed by atoms with van der Waals surface area (Å²) in [7, 11) is 1.37. The molecule has 12 nitrogen and oxygen atoms in total. The van der Waals surface area contributed by atoms with E-state index >= 15 is 0 Å². The van der Waals surface area contributed by atoms with Crippen LogP contribution in [0.1, 0.15) is 122 Å². The molecule has 12 heteroatoms. The zero-order valence-electron chi connectivity index (χ0n) is 32.8. The predicted octanol–water partition coefficient (Wildman–Crippen LogP) is 4.90. The molecule has 5 atom stereocenters. The van der Waals surface area contributed by atoms with Gasteiger partial charge in [-0.2, -0.15) is 0 Å². The molecule has 1 aromatic carbocycles. The molecule has 2 aliphatic heterocycles. The number of Topliss-reactive ketones (excluding diaryl/α,β-unsaturated/α-hetero) is 1. The lowest BCUT2D eigenvalue weighted by atomic mass is 9.82. The minimum Gasteiger partial charge on any atom is -0.493 e. The molecule has 3 N–H and O–H groups in total. The molecular formula is C40H61N5O7. The molecule has 0 radical (unpaired) electrons. The van der Waals surface area contributed by atoms with Gasteiger partial charge in [0.15, 0.2) is 5.60 Å². The molecule has 3 aliphatic rings. The molecule has 0 unspecified atom stereocenters. The van der Waals surface area contributed by atoms with E-state index in [2.05, 4.69) is 21.1 Å². The van der Waals surface area contributed by atoms with Crippen molar-refractivity contribution < 1.29 is 33.5 Å². The Bertz CT molecular complexity index is 1510. The zero-order chi connectivity index (χ0) is 38.4. The highest BCUT2D eigenvalue weighted by Gasteiger charge is 2.55. The molecule has 1 saturated carbocycles. The summed E-state index contributed by atoms with van der Waals surface area (Å²) >= 11 is 0. The number of likely N-dealkylation sites (N-methyl/N-ethyl adjacent to an activating group) is 1. The van der Waals surface area contributed by atoms with Crippen LogP contribution in [0.4, 0.5) is 0 Å². The first kappa shape index (κ1) is 40.8. The number of carbonyl (C=O) groups excluding carboxylic acids is 5. The summed E-state index contributed by atoms with van der Waals surface area (Å²) in [5.41, 5.74) is 1.78. The lowest BCUT2D eigenvalue weighted by Gasteiger charge is -2.36. The first-order valence-electron chi connectivity index (χ1n) is 19.2. The van der Waals surface area contributed by atoms with Crippen molar-refractivity contribution in [2.24, 2.45) is 22.4 Å². The minimum absolute atomic E-state index is 0.0494. The number of rotatable bonds is 14. The van der Waals surface area contributed by atoms with E-state index in [1.54, 1.807) is 0 Å². The molecule has 52 heavy (non-hydrogen) atoms. The van der Waals surface area contributed by atoms with Crippen LogP contribution in [0.3, 0.4) is 0 Å². The van der Waals surface area contributed by atoms with Gasteiger partial charge in [0.1, 0.15) is 17.8 Å². The van der Waals surface area contributed by atoms with Crippen LogP contribution in [-0.4, -0.2) is 83.9 Å². The average Bonchev–Trinajstić information content (AvgIpc) is 3.70. The lowest BCUT2D eigenvalue weighted by molar-refractivity contribution is -0.145. The van der Waals surface area contributed by atoms with Gasteiger partial charge in [-0.05, 0) is 68.2 Å².